The van der Waals surface area contributed by atoms with Gasteiger partial charge in [-0.2, -0.15) is 0 Å². The van der Waals surface area contributed by atoms with Crippen molar-refractivity contribution in [3.8, 4) is 5.75 Å². The van der Waals surface area contributed by atoms with E-state index in [9.17, 15) is 12.8 Å². The zero-order valence-corrected chi connectivity index (χ0v) is 13.1. The lowest BCUT2D eigenvalue weighted by molar-refractivity contribution is 0.339. The normalized spacial score (nSPS) is 11.4. The molecule has 2 aromatic carbocycles. The molecule has 0 saturated carbocycles. The summed E-state index contributed by atoms with van der Waals surface area (Å²) < 4.78 is 44.3. The number of hydrogen-bond donors (Lipinski definition) is 1. The van der Waals surface area contributed by atoms with Crippen LogP contribution in [0.2, 0.25) is 0 Å². The molecule has 0 amide bonds. The molecular weight excluding hydrogens is 305 g/mol. The molecule has 4 nitrogen and oxygen atoms in total. The van der Waals surface area contributed by atoms with Gasteiger partial charge >= 0.3 is 0 Å². The molecule has 0 radical (unpaired) electrons. The largest absolute Gasteiger partial charge is 0.492 e. The maximum atomic E-state index is 12.7. The quantitative estimate of drug-likeness (QED) is 0.852. The minimum atomic E-state index is -3.42. The predicted octanol–water partition coefficient (Wildman–Crippen LogP) is 2.63. The first-order valence-corrected chi connectivity index (χ1v) is 8.51. The summed E-state index contributed by atoms with van der Waals surface area (Å²) in [6.07, 6.45) is 0. The number of sulfonamides is 1. The summed E-state index contributed by atoms with van der Waals surface area (Å²) in [4.78, 5) is 0. The van der Waals surface area contributed by atoms with Crippen LogP contribution in [0.15, 0.2) is 48.5 Å². The molecule has 0 heterocycles. The van der Waals surface area contributed by atoms with Crippen molar-refractivity contribution in [2.24, 2.45) is 0 Å². The second kappa shape index (κ2) is 7.38. The Morgan fingerprint density at radius 2 is 1.86 bits per heavy atom. The SMILES string of the molecule is Cc1cccc(CNS(=O)(=O)CCOc2ccc(F)cc2)c1. The predicted molar refractivity (Wildman–Crippen MR) is 83.7 cm³/mol. The van der Waals surface area contributed by atoms with Crippen LogP contribution < -0.4 is 9.46 Å². The highest BCUT2D eigenvalue weighted by molar-refractivity contribution is 7.89. The maximum absolute atomic E-state index is 12.7. The van der Waals surface area contributed by atoms with Crippen LogP contribution in [-0.4, -0.2) is 20.8 Å². The molecule has 6 heteroatoms. The van der Waals surface area contributed by atoms with Crippen LogP contribution in [0.3, 0.4) is 0 Å². The first-order valence-electron chi connectivity index (χ1n) is 6.86. The van der Waals surface area contributed by atoms with Gasteiger partial charge in [0.25, 0.3) is 0 Å². The van der Waals surface area contributed by atoms with Gasteiger partial charge in [-0.3, -0.25) is 0 Å². The molecular formula is C16H18FNO3S. The highest BCUT2D eigenvalue weighted by Gasteiger charge is 2.10. The molecule has 118 valence electrons. The zero-order valence-electron chi connectivity index (χ0n) is 12.3. The number of ether oxygens (including phenoxy) is 1. The first kappa shape index (κ1) is 16.5. The Morgan fingerprint density at radius 3 is 2.55 bits per heavy atom. The smallest absolute Gasteiger partial charge is 0.215 e. The van der Waals surface area contributed by atoms with Crippen molar-refractivity contribution in [1.29, 1.82) is 0 Å². The van der Waals surface area contributed by atoms with E-state index in [1.807, 2.05) is 31.2 Å². The lowest BCUT2D eigenvalue weighted by Gasteiger charge is -2.09. The van der Waals surface area contributed by atoms with Gasteiger partial charge in [0, 0.05) is 6.54 Å². The molecule has 0 aliphatic heterocycles. The number of hydrogen-bond acceptors (Lipinski definition) is 3. The van der Waals surface area contributed by atoms with Gasteiger partial charge in [0.05, 0.1) is 5.75 Å². The average Bonchev–Trinajstić information content (AvgIpc) is 2.47. The Hall–Kier alpha value is -1.92. The molecule has 1 N–H and O–H groups in total. The summed E-state index contributed by atoms with van der Waals surface area (Å²) >= 11 is 0. The maximum Gasteiger partial charge on any atom is 0.215 e. The lowest BCUT2D eigenvalue weighted by Crippen LogP contribution is -2.28. The fourth-order valence-corrected chi connectivity index (χ4v) is 2.72. The van der Waals surface area contributed by atoms with Crippen molar-refractivity contribution >= 4 is 10.0 Å². The highest BCUT2D eigenvalue weighted by atomic mass is 32.2. The van der Waals surface area contributed by atoms with Gasteiger partial charge < -0.3 is 4.74 Å². The van der Waals surface area contributed by atoms with Gasteiger partial charge in [-0.1, -0.05) is 29.8 Å². The van der Waals surface area contributed by atoms with Crippen molar-refractivity contribution in [3.05, 3.63) is 65.5 Å². The van der Waals surface area contributed by atoms with Gasteiger partial charge in [-0.25, -0.2) is 17.5 Å². The van der Waals surface area contributed by atoms with Crippen LogP contribution in [0.5, 0.6) is 5.75 Å². The third kappa shape index (κ3) is 5.46. The molecule has 2 rings (SSSR count). The summed E-state index contributed by atoms with van der Waals surface area (Å²) in [6, 6.07) is 13.1. The minimum absolute atomic E-state index is 0.00871. The average molecular weight is 323 g/mol. The van der Waals surface area contributed by atoms with E-state index >= 15 is 0 Å². The van der Waals surface area contributed by atoms with Crippen molar-refractivity contribution < 1.29 is 17.5 Å². The third-order valence-electron chi connectivity index (χ3n) is 3.01. The van der Waals surface area contributed by atoms with Crippen molar-refractivity contribution in [2.45, 2.75) is 13.5 Å². The van der Waals surface area contributed by atoms with E-state index in [0.717, 1.165) is 11.1 Å². The molecule has 0 saturated heterocycles. The lowest BCUT2D eigenvalue weighted by atomic mass is 10.1. The summed E-state index contributed by atoms with van der Waals surface area (Å²) in [5, 5.41) is 0. The monoisotopic (exact) mass is 323 g/mol. The Balaban J connectivity index is 1.80. The second-order valence-electron chi connectivity index (χ2n) is 4.93. The van der Waals surface area contributed by atoms with Gasteiger partial charge in [0.15, 0.2) is 0 Å². The minimum Gasteiger partial charge on any atom is -0.492 e. The zero-order chi connectivity index (χ0) is 16.0. The molecule has 0 bridgehead atoms. The second-order valence-corrected chi connectivity index (χ2v) is 6.86. The molecule has 0 aliphatic carbocycles. The van der Waals surface area contributed by atoms with Gasteiger partial charge in [0.1, 0.15) is 18.2 Å². The summed E-state index contributed by atoms with van der Waals surface area (Å²) in [7, 11) is -3.42. The summed E-state index contributed by atoms with van der Waals surface area (Å²) in [5.74, 6) is -0.0778. The first-order chi connectivity index (χ1) is 10.4. The van der Waals surface area contributed by atoms with Crippen molar-refractivity contribution in [3.63, 3.8) is 0 Å². The summed E-state index contributed by atoms with van der Waals surface area (Å²) in [6.45, 7) is 2.21. The molecule has 0 unspecified atom stereocenters. The molecule has 0 aromatic heterocycles. The number of halogens is 1. The van der Waals surface area contributed by atoms with E-state index in [0.29, 0.717) is 5.75 Å². The van der Waals surface area contributed by atoms with Crippen LogP contribution in [0.1, 0.15) is 11.1 Å². The van der Waals surface area contributed by atoms with E-state index < -0.39 is 10.0 Å². The Morgan fingerprint density at radius 1 is 1.14 bits per heavy atom. The van der Waals surface area contributed by atoms with Crippen LogP contribution in [-0.2, 0) is 16.6 Å². The Labute approximate surface area is 130 Å². The standard InChI is InChI=1S/C16H18FNO3S/c1-13-3-2-4-14(11-13)12-18-22(19,20)10-9-21-16-7-5-15(17)6-8-16/h2-8,11,18H,9-10,12H2,1H3. The van der Waals surface area contributed by atoms with E-state index in [4.69, 9.17) is 4.74 Å². The summed E-state index contributed by atoms with van der Waals surface area (Å²) in [5.41, 5.74) is 1.99. The van der Waals surface area contributed by atoms with Crippen molar-refractivity contribution in [1.82, 2.24) is 4.72 Å². The van der Waals surface area contributed by atoms with Crippen LogP contribution in [0.25, 0.3) is 0 Å². The Kier molecular flexibility index (Phi) is 5.51. The van der Waals surface area contributed by atoms with Crippen molar-refractivity contribution in [2.75, 3.05) is 12.4 Å². The molecule has 22 heavy (non-hydrogen) atoms. The molecule has 0 atom stereocenters. The Bertz CT molecular complexity index is 714. The molecule has 0 spiro atoms. The fourth-order valence-electron chi connectivity index (χ4n) is 1.89. The van der Waals surface area contributed by atoms with Crippen LogP contribution in [0.4, 0.5) is 4.39 Å². The fraction of sp³-hybridized carbons (Fsp3) is 0.250. The van der Waals surface area contributed by atoms with E-state index in [1.165, 1.54) is 24.3 Å². The number of nitrogens with one attached hydrogen (secondary N) is 1. The number of rotatable bonds is 7. The van der Waals surface area contributed by atoms with Gasteiger partial charge in [-0.05, 0) is 36.8 Å². The van der Waals surface area contributed by atoms with Gasteiger partial charge in [-0.15, -0.1) is 0 Å². The third-order valence-corrected chi connectivity index (χ3v) is 4.30. The number of benzene rings is 2. The molecule has 0 fully saturated rings. The van der Waals surface area contributed by atoms with E-state index in [-0.39, 0.29) is 24.7 Å². The van der Waals surface area contributed by atoms with E-state index in [2.05, 4.69) is 4.72 Å². The van der Waals surface area contributed by atoms with Crippen LogP contribution in [0, 0.1) is 12.7 Å². The van der Waals surface area contributed by atoms with Gasteiger partial charge in [0.2, 0.25) is 10.0 Å². The topological polar surface area (TPSA) is 55.4 Å². The number of aryl methyl sites for hydroxylation is 1. The van der Waals surface area contributed by atoms with E-state index in [1.54, 1.807) is 0 Å². The molecule has 2 aromatic rings. The van der Waals surface area contributed by atoms with Crippen LogP contribution >= 0.6 is 0 Å². The molecule has 0 aliphatic rings. The highest BCUT2D eigenvalue weighted by Crippen LogP contribution is 2.11.